The van der Waals surface area contributed by atoms with Crippen LogP contribution in [-0.2, 0) is 4.74 Å². The van der Waals surface area contributed by atoms with Gasteiger partial charge in [0, 0.05) is 13.0 Å². The number of hydrogen-bond donors (Lipinski definition) is 1. The average Bonchev–Trinajstić information content (AvgIpc) is 2.14. The van der Waals surface area contributed by atoms with Gasteiger partial charge >= 0.3 is 0 Å². The van der Waals surface area contributed by atoms with Crippen LogP contribution in [0.1, 0.15) is 40.0 Å². The molecule has 0 spiro atoms. The second-order valence-electron chi connectivity index (χ2n) is 3.92. The molecule has 0 aromatic heterocycles. The van der Waals surface area contributed by atoms with E-state index in [1.54, 1.807) is 7.11 Å². The van der Waals surface area contributed by atoms with Crippen molar-refractivity contribution in [3.8, 4) is 0 Å². The minimum Gasteiger partial charge on any atom is -0.393 e. The predicted octanol–water partition coefficient (Wildman–Crippen LogP) is 2.46. The third-order valence-electron chi connectivity index (χ3n) is 2.82. The summed E-state index contributed by atoms with van der Waals surface area (Å²) < 4.78 is 5.01. The monoisotopic (exact) mass is 188 g/mol. The van der Waals surface area contributed by atoms with Crippen LogP contribution in [0.5, 0.6) is 0 Å². The standard InChI is InChI=1S/C11H24O2/c1-5-10(6-2)7-11(12)9(3)8-13-4/h9-12H,5-8H2,1-4H3. The Bertz CT molecular complexity index is 111. The lowest BCUT2D eigenvalue weighted by Gasteiger charge is -2.22. The first kappa shape index (κ1) is 12.9. The molecule has 2 heteroatoms. The number of rotatable bonds is 7. The molecule has 2 nitrogen and oxygen atoms in total. The summed E-state index contributed by atoms with van der Waals surface area (Å²) in [7, 11) is 1.68. The van der Waals surface area contributed by atoms with Crippen LogP contribution in [0.25, 0.3) is 0 Å². The molecule has 0 aliphatic rings. The molecule has 0 saturated carbocycles. The first-order chi connectivity index (χ1) is 6.15. The normalized spacial score (nSPS) is 16.2. The van der Waals surface area contributed by atoms with Crippen molar-refractivity contribution in [1.29, 1.82) is 0 Å². The molecule has 0 saturated heterocycles. The van der Waals surface area contributed by atoms with E-state index in [1.165, 1.54) is 0 Å². The molecule has 0 aromatic carbocycles. The maximum Gasteiger partial charge on any atom is 0.0590 e. The Labute approximate surface area is 82.3 Å². The summed E-state index contributed by atoms with van der Waals surface area (Å²) in [5, 5.41) is 9.80. The van der Waals surface area contributed by atoms with Crippen molar-refractivity contribution in [3.63, 3.8) is 0 Å². The number of aliphatic hydroxyl groups excluding tert-OH is 1. The topological polar surface area (TPSA) is 29.5 Å². The molecule has 80 valence electrons. The maximum absolute atomic E-state index is 9.80. The van der Waals surface area contributed by atoms with E-state index in [9.17, 15) is 5.11 Å². The predicted molar refractivity (Wildman–Crippen MR) is 55.7 cm³/mol. The first-order valence-corrected chi connectivity index (χ1v) is 5.32. The number of methoxy groups -OCH3 is 1. The van der Waals surface area contributed by atoms with Crippen LogP contribution in [0.2, 0.25) is 0 Å². The summed E-state index contributed by atoms with van der Waals surface area (Å²) in [5.74, 6) is 0.917. The van der Waals surface area contributed by atoms with E-state index in [4.69, 9.17) is 4.74 Å². The number of hydrogen-bond acceptors (Lipinski definition) is 2. The lowest BCUT2D eigenvalue weighted by atomic mass is 9.91. The smallest absolute Gasteiger partial charge is 0.0590 e. The number of ether oxygens (including phenoxy) is 1. The molecular weight excluding hydrogens is 164 g/mol. The Morgan fingerprint density at radius 1 is 1.23 bits per heavy atom. The van der Waals surface area contributed by atoms with Crippen LogP contribution in [0, 0.1) is 11.8 Å². The second kappa shape index (κ2) is 7.34. The highest BCUT2D eigenvalue weighted by molar-refractivity contribution is 4.68. The van der Waals surface area contributed by atoms with Crippen molar-refractivity contribution in [2.45, 2.75) is 46.1 Å². The van der Waals surface area contributed by atoms with Crippen LogP contribution in [0.4, 0.5) is 0 Å². The summed E-state index contributed by atoms with van der Waals surface area (Å²) in [6.07, 6.45) is 3.03. The lowest BCUT2D eigenvalue weighted by Crippen LogP contribution is -2.24. The van der Waals surface area contributed by atoms with E-state index < -0.39 is 0 Å². The van der Waals surface area contributed by atoms with Gasteiger partial charge in [-0.05, 0) is 12.3 Å². The summed E-state index contributed by atoms with van der Waals surface area (Å²) in [5.41, 5.74) is 0. The van der Waals surface area contributed by atoms with Gasteiger partial charge in [0.25, 0.3) is 0 Å². The van der Waals surface area contributed by atoms with Gasteiger partial charge in [0.2, 0.25) is 0 Å². The highest BCUT2D eigenvalue weighted by Crippen LogP contribution is 2.19. The van der Waals surface area contributed by atoms with Crippen molar-refractivity contribution < 1.29 is 9.84 Å². The molecule has 13 heavy (non-hydrogen) atoms. The molecule has 0 radical (unpaired) electrons. The van der Waals surface area contributed by atoms with Gasteiger partial charge in [-0.1, -0.05) is 33.6 Å². The van der Waals surface area contributed by atoms with Crippen LogP contribution >= 0.6 is 0 Å². The van der Waals surface area contributed by atoms with Crippen molar-refractivity contribution >= 4 is 0 Å². The fourth-order valence-corrected chi connectivity index (χ4v) is 1.57. The van der Waals surface area contributed by atoms with E-state index >= 15 is 0 Å². The molecule has 0 amide bonds. The summed E-state index contributed by atoms with van der Waals surface area (Å²) >= 11 is 0. The maximum atomic E-state index is 9.80. The van der Waals surface area contributed by atoms with Crippen molar-refractivity contribution in [2.24, 2.45) is 11.8 Å². The van der Waals surface area contributed by atoms with Gasteiger partial charge in [-0.15, -0.1) is 0 Å². The van der Waals surface area contributed by atoms with Gasteiger partial charge in [0.15, 0.2) is 0 Å². The quantitative estimate of drug-likeness (QED) is 0.665. The fraction of sp³-hybridized carbons (Fsp3) is 1.00. The van der Waals surface area contributed by atoms with E-state index in [1.807, 2.05) is 6.92 Å². The molecule has 0 aliphatic carbocycles. The lowest BCUT2D eigenvalue weighted by molar-refractivity contribution is 0.0405. The molecular formula is C11H24O2. The summed E-state index contributed by atoms with van der Waals surface area (Å²) in [6, 6.07) is 0. The molecule has 2 unspecified atom stereocenters. The van der Waals surface area contributed by atoms with E-state index in [2.05, 4.69) is 13.8 Å². The zero-order valence-electron chi connectivity index (χ0n) is 9.42. The summed E-state index contributed by atoms with van der Waals surface area (Å²) in [6.45, 7) is 7.06. The van der Waals surface area contributed by atoms with Crippen molar-refractivity contribution in [3.05, 3.63) is 0 Å². The van der Waals surface area contributed by atoms with Crippen LogP contribution in [0.15, 0.2) is 0 Å². The zero-order valence-corrected chi connectivity index (χ0v) is 9.42. The molecule has 0 fully saturated rings. The second-order valence-corrected chi connectivity index (χ2v) is 3.92. The fourth-order valence-electron chi connectivity index (χ4n) is 1.57. The highest BCUT2D eigenvalue weighted by Gasteiger charge is 2.17. The SMILES string of the molecule is CCC(CC)CC(O)C(C)COC. The van der Waals surface area contributed by atoms with Crippen LogP contribution in [-0.4, -0.2) is 24.9 Å². The molecule has 2 atom stereocenters. The molecule has 0 heterocycles. The van der Waals surface area contributed by atoms with Gasteiger partial charge in [0.05, 0.1) is 12.7 Å². The molecule has 0 aromatic rings. The van der Waals surface area contributed by atoms with Crippen molar-refractivity contribution in [1.82, 2.24) is 0 Å². The third-order valence-corrected chi connectivity index (χ3v) is 2.82. The average molecular weight is 188 g/mol. The molecule has 1 N–H and O–H groups in total. The Hall–Kier alpha value is -0.0800. The van der Waals surface area contributed by atoms with Gasteiger partial charge < -0.3 is 9.84 Å². The van der Waals surface area contributed by atoms with E-state index in [0.29, 0.717) is 12.5 Å². The highest BCUT2D eigenvalue weighted by atomic mass is 16.5. The molecule has 0 aliphatic heterocycles. The number of aliphatic hydroxyl groups is 1. The molecule has 0 bridgehead atoms. The van der Waals surface area contributed by atoms with Gasteiger partial charge in [-0.3, -0.25) is 0 Å². The van der Waals surface area contributed by atoms with Gasteiger partial charge in [0.1, 0.15) is 0 Å². The minimum atomic E-state index is -0.204. The van der Waals surface area contributed by atoms with E-state index in [0.717, 1.165) is 19.3 Å². The van der Waals surface area contributed by atoms with Gasteiger partial charge in [-0.2, -0.15) is 0 Å². The van der Waals surface area contributed by atoms with Crippen LogP contribution < -0.4 is 0 Å². The minimum absolute atomic E-state index is 0.204. The molecule has 0 rings (SSSR count). The third kappa shape index (κ3) is 5.27. The van der Waals surface area contributed by atoms with Crippen LogP contribution in [0.3, 0.4) is 0 Å². The Kier molecular flexibility index (Phi) is 7.29. The van der Waals surface area contributed by atoms with E-state index in [-0.39, 0.29) is 12.0 Å². The first-order valence-electron chi connectivity index (χ1n) is 5.32. The largest absolute Gasteiger partial charge is 0.393 e. The Morgan fingerprint density at radius 2 is 1.77 bits per heavy atom. The van der Waals surface area contributed by atoms with Crippen molar-refractivity contribution in [2.75, 3.05) is 13.7 Å². The van der Waals surface area contributed by atoms with Gasteiger partial charge in [-0.25, -0.2) is 0 Å². The zero-order chi connectivity index (χ0) is 10.3. The Morgan fingerprint density at radius 3 is 2.15 bits per heavy atom. The summed E-state index contributed by atoms with van der Waals surface area (Å²) in [4.78, 5) is 0. The Balaban J connectivity index is 3.75.